The van der Waals surface area contributed by atoms with Crippen LogP contribution in [0.15, 0.2) is 95.2 Å². The maximum atomic E-state index is 13.6. The minimum Gasteiger partial charge on any atom is -0.463 e. The number of rotatable bonds is 23. The average Bonchev–Trinajstić information content (AvgIpc) is 3.86. The smallest absolute Gasteiger partial charge is 0.306 e. The van der Waals surface area contributed by atoms with Crippen LogP contribution in [0.3, 0.4) is 0 Å². The van der Waals surface area contributed by atoms with Crippen LogP contribution in [0.2, 0.25) is 0 Å². The Balaban J connectivity index is 1.92. The quantitative estimate of drug-likeness (QED) is 0.0867. The van der Waals surface area contributed by atoms with Crippen molar-refractivity contribution in [3.05, 3.63) is 102 Å². The maximum Gasteiger partial charge on any atom is 0.306 e. The Morgan fingerprint density at radius 3 is 2.26 bits per heavy atom. The van der Waals surface area contributed by atoms with E-state index in [4.69, 9.17) is 28.1 Å². The van der Waals surface area contributed by atoms with E-state index in [0.29, 0.717) is 17.9 Å². The van der Waals surface area contributed by atoms with Gasteiger partial charge in [-0.05, 0) is 33.3 Å². The number of oxazole rings is 1. The molecule has 0 aromatic carbocycles. The number of carbonyl (C=O) groups is 5. The molecule has 0 spiro atoms. The van der Waals surface area contributed by atoms with Crippen LogP contribution in [0.4, 0.5) is 0 Å². The second-order valence-corrected chi connectivity index (χ2v) is 13.9. The van der Waals surface area contributed by atoms with Crippen LogP contribution in [0.25, 0.3) is 0 Å². The molecule has 4 atom stereocenters. The Hall–Kier alpha value is -5.38. The molecular formula is C43H60N4O11. The zero-order valence-electron chi connectivity index (χ0n) is 35.1. The van der Waals surface area contributed by atoms with Crippen LogP contribution in [-0.2, 0) is 54.1 Å². The Morgan fingerprint density at radius 1 is 0.983 bits per heavy atom. The number of amides is 3. The first-order valence-electron chi connectivity index (χ1n) is 19.2. The molecule has 0 saturated carbocycles. The van der Waals surface area contributed by atoms with Crippen LogP contribution < -0.4 is 10.6 Å². The lowest BCUT2D eigenvalue weighted by Gasteiger charge is -2.37. The fourth-order valence-electron chi connectivity index (χ4n) is 5.48. The minimum absolute atomic E-state index is 0.101. The van der Waals surface area contributed by atoms with Crippen molar-refractivity contribution < 1.29 is 52.1 Å². The average molecular weight is 809 g/mol. The predicted octanol–water partition coefficient (Wildman–Crippen LogP) is 4.91. The number of aromatic nitrogens is 1. The first-order chi connectivity index (χ1) is 27.6. The van der Waals surface area contributed by atoms with E-state index >= 15 is 0 Å². The van der Waals surface area contributed by atoms with Gasteiger partial charge in [0, 0.05) is 53.0 Å². The molecule has 15 heteroatoms. The second-order valence-electron chi connectivity index (χ2n) is 13.9. The number of nitrogens with zero attached hydrogens (tertiary/aromatic N) is 2. The van der Waals surface area contributed by atoms with Crippen LogP contribution in [0.5, 0.6) is 0 Å². The van der Waals surface area contributed by atoms with Crippen LogP contribution in [0, 0.1) is 12.3 Å². The summed E-state index contributed by atoms with van der Waals surface area (Å²) in [5, 5.41) is 5.49. The fraction of sp³-hybridized carbons (Fsp3) is 0.488. The first-order valence-corrected chi connectivity index (χ1v) is 19.2. The maximum absolute atomic E-state index is 13.6. The Bertz CT molecular complexity index is 1730. The van der Waals surface area contributed by atoms with Gasteiger partial charge >= 0.3 is 11.9 Å². The number of methoxy groups -OCH3 is 1. The molecule has 1 fully saturated rings. The summed E-state index contributed by atoms with van der Waals surface area (Å²) in [6.07, 6.45) is 23.7. The van der Waals surface area contributed by atoms with Gasteiger partial charge in [-0.3, -0.25) is 24.0 Å². The molecule has 1 aliphatic heterocycles. The van der Waals surface area contributed by atoms with Crippen LogP contribution in [-0.4, -0.2) is 104 Å². The van der Waals surface area contributed by atoms with E-state index in [-0.39, 0.29) is 45.3 Å². The summed E-state index contributed by atoms with van der Waals surface area (Å²) in [7, 11) is 2.99. The molecule has 2 N–H and O–H groups in total. The van der Waals surface area contributed by atoms with E-state index in [2.05, 4.69) is 15.6 Å². The highest BCUT2D eigenvalue weighted by Gasteiger charge is 2.49. The summed E-state index contributed by atoms with van der Waals surface area (Å²) in [4.78, 5) is 69.2. The molecule has 4 unspecified atom stereocenters. The zero-order valence-corrected chi connectivity index (χ0v) is 35.1. The van der Waals surface area contributed by atoms with Crippen molar-refractivity contribution in [1.29, 1.82) is 0 Å². The molecule has 1 aliphatic rings. The van der Waals surface area contributed by atoms with Gasteiger partial charge < -0.3 is 43.6 Å². The number of aryl methyl sites for hydroxylation is 1. The summed E-state index contributed by atoms with van der Waals surface area (Å²) in [6, 6.07) is -0.654. The lowest BCUT2D eigenvalue weighted by Crippen LogP contribution is -2.63. The van der Waals surface area contributed by atoms with E-state index in [1.165, 1.54) is 31.2 Å². The number of ether oxygens (including phenoxy) is 5. The Labute approximate surface area is 341 Å². The number of carbonyl (C=O) groups excluding carboxylic acids is 5. The van der Waals surface area contributed by atoms with Gasteiger partial charge in [0.1, 0.15) is 25.1 Å². The van der Waals surface area contributed by atoms with Crippen molar-refractivity contribution in [2.24, 2.45) is 5.41 Å². The van der Waals surface area contributed by atoms with Gasteiger partial charge in [0.25, 0.3) is 5.91 Å². The lowest BCUT2D eigenvalue weighted by molar-refractivity contribution is -0.165. The third-order valence-electron chi connectivity index (χ3n) is 9.02. The molecule has 1 aromatic rings. The summed E-state index contributed by atoms with van der Waals surface area (Å²) in [6.45, 7) is 11.9. The molecule has 1 saturated heterocycles. The molecule has 2 rings (SSSR count). The molecule has 3 amide bonds. The molecule has 0 aliphatic carbocycles. The molecule has 0 radical (unpaired) electrons. The summed E-state index contributed by atoms with van der Waals surface area (Å²) in [5.74, 6) is -0.915. The summed E-state index contributed by atoms with van der Waals surface area (Å²) in [5.41, 5.74) is -2.13. The SMILES string of the molecule is CCC(=O)OCC(C(C)OC)N(C)C(=O)C1(NC(=O)C=CC=CC=CC=CCNC(=O)C(C)(C)C(OC(=O)CC)C(C)=CC=CC=CCc2cnc(C)o2)COCO1. The molecule has 15 nitrogen and oxygen atoms in total. The lowest BCUT2D eigenvalue weighted by atomic mass is 9.81. The van der Waals surface area contributed by atoms with Gasteiger partial charge in [-0.25, -0.2) is 4.98 Å². The molecule has 0 bridgehead atoms. The van der Waals surface area contributed by atoms with Gasteiger partial charge in [-0.15, -0.1) is 0 Å². The Kier molecular flexibility index (Phi) is 21.1. The number of hydrogen-bond acceptors (Lipinski definition) is 12. The van der Waals surface area contributed by atoms with Crippen molar-refractivity contribution in [2.75, 3.05) is 40.7 Å². The summed E-state index contributed by atoms with van der Waals surface area (Å²) < 4.78 is 32.8. The van der Waals surface area contributed by atoms with E-state index in [1.54, 1.807) is 84.2 Å². The van der Waals surface area contributed by atoms with Gasteiger partial charge in [-0.1, -0.05) is 86.8 Å². The van der Waals surface area contributed by atoms with E-state index < -0.39 is 53.1 Å². The number of nitrogens with one attached hydrogen (secondary N) is 2. The van der Waals surface area contributed by atoms with Crippen molar-refractivity contribution >= 4 is 29.7 Å². The summed E-state index contributed by atoms with van der Waals surface area (Å²) >= 11 is 0. The van der Waals surface area contributed by atoms with Crippen molar-refractivity contribution in [3.63, 3.8) is 0 Å². The predicted molar refractivity (Wildman–Crippen MR) is 218 cm³/mol. The molecule has 318 valence electrons. The standard InChI is InChI=1S/C43H60N4O11/c1-10-37(49)55-28-35(32(4)53-9)47(8)41(52)43(29-54-30-56-43)46-36(48)25-21-15-13-12-14-18-22-26-44-40(51)42(6,7)39(58-38(50)11-2)31(3)23-19-16-17-20-24-34-27-45-33(5)57-34/h12-23,25,27,32,35,39H,10-11,24,26,28-30H2,1-9H3,(H,44,51)(H,46,48). The van der Waals surface area contributed by atoms with Gasteiger partial charge in [0.15, 0.2) is 12.7 Å². The van der Waals surface area contributed by atoms with Crippen LogP contribution >= 0.6 is 0 Å². The van der Waals surface area contributed by atoms with E-state index in [9.17, 15) is 24.0 Å². The largest absolute Gasteiger partial charge is 0.463 e. The number of likely N-dealkylation sites (N-methyl/N-ethyl adjacent to an activating group) is 1. The van der Waals surface area contributed by atoms with Gasteiger partial charge in [0.05, 0.1) is 23.8 Å². The minimum atomic E-state index is -1.78. The number of esters is 2. The highest BCUT2D eigenvalue weighted by molar-refractivity contribution is 5.95. The molecule has 1 aromatic heterocycles. The number of hydrogen-bond donors (Lipinski definition) is 2. The van der Waals surface area contributed by atoms with E-state index in [0.717, 1.165) is 5.76 Å². The highest BCUT2D eigenvalue weighted by atomic mass is 16.7. The second kappa shape index (κ2) is 25.1. The highest BCUT2D eigenvalue weighted by Crippen LogP contribution is 2.30. The van der Waals surface area contributed by atoms with Crippen LogP contribution in [0.1, 0.15) is 66.0 Å². The normalized spacial score (nSPS) is 18.1. The van der Waals surface area contributed by atoms with Crippen molar-refractivity contribution in [1.82, 2.24) is 20.5 Å². The zero-order chi connectivity index (χ0) is 43.1. The molecular weight excluding hydrogens is 748 g/mol. The third kappa shape index (κ3) is 15.9. The van der Waals surface area contributed by atoms with Crippen molar-refractivity contribution in [3.8, 4) is 0 Å². The fourth-order valence-corrected chi connectivity index (χ4v) is 5.48. The monoisotopic (exact) mass is 808 g/mol. The molecule has 2 heterocycles. The Morgan fingerprint density at radius 2 is 1.64 bits per heavy atom. The molecule has 58 heavy (non-hydrogen) atoms. The van der Waals surface area contributed by atoms with Crippen molar-refractivity contribution in [2.45, 2.75) is 91.7 Å². The first kappa shape index (κ1) is 48.8. The van der Waals surface area contributed by atoms with Gasteiger partial charge in [-0.2, -0.15) is 0 Å². The third-order valence-corrected chi connectivity index (χ3v) is 9.02. The number of allylic oxidation sites excluding steroid dienone is 11. The van der Waals surface area contributed by atoms with Gasteiger partial charge in [0.2, 0.25) is 17.5 Å². The van der Waals surface area contributed by atoms with E-state index in [1.807, 2.05) is 37.3 Å². The topological polar surface area (TPSA) is 185 Å².